The fraction of sp³-hybridized carbons (Fsp3) is 0.750. The Morgan fingerprint density at radius 2 is 2.18 bits per heavy atom. The number of terminal acetylenes is 1. The molecule has 2 heterocycles. The number of hydrogen-bond acceptors (Lipinski definition) is 3. The molecule has 3 amide bonds. The summed E-state index contributed by atoms with van der Waals surface area (Å²) in [5, 5.41) is 9.36. The van der Waals surface area contributed by atoms with Crippen molar-refractivity contribution in [3.63, 3.8) is 0 Å². The predicted molar refractivity (Wildman–Crippen MR) is 89.7 cm³/mol. The van der Waals surface area contributed by atoms with Crippen LogP contribution in [0.3, 0.4) is 0 Å². The summed E-state index contributed by atoms with van der Waals surface area (Å²) in [4.78, 5) is 23.0. The van der Waals surface area contributed by atoms with E-state index in [1.54, 1.807) is 0 Å². The van der Waals surface area contributed by atoms with Crippen LogP contribution in [0.2, 0.25) is 0 Å². The normalized spacial score (nSPS) is 26.0. The molecule has 0 radical (unpaired) electrons. The van der Waals surface area contributed by atoms with E-state index in [9.17, 15) is 9.59 Å². The van der Waals surface area contributed by atoms with E-state index in [-0.39, 0.29) is 24.0 Å². The van der Waals surface area contributed by atoms with Gasteiger partial charge in [0.05, 0.1) is 12.1 Å². The molecule has 2 fully saturated rings. The lowest BCUT2D eigenvalue weighted by Gasteiger charge is -2.16. The van der Waals surface area contributed by atoms with Crippen LogP contribution in [0, 0.1) is 12.3 Å². The maximum atomic E-state index is 11.7. The Labute approximate surface area is 136 Å². The van der Waals surface area contributed by atoms with E-state index in [1.807, 2.05) is 11.8 Å². The van der Waals surface area contributed by atoms with Crippen molar-refractivity contribution in [1.82, 2.24) is 16.0 Å². The van der Waals surface area contributed by atoms with Gasteiger partial charge >= 0.3 is 6.03 Å². The number of fused-ring (bicyclic) bond motifs is 1. The standard InChI is InChI=1S/C16H25N3O2S/c1-2-3-4-7-10-17-14(20)9-6-5-8-13-15-12(11-22-13)18-16(21)19-15/h1,12-13,15H,3-11H2,(H,17,20)(H2,18,19,21)/t12?,13-,15?/m0/s1. The molecule has 2 rings (SSSR count). The van der Waals surface area contributed by atoms with Gasteiger partial charge in [-0.3, -0.25) is 4.79 Å². The zero-order chi connectivity index (χ0) is 15.8. The molecule has 5 nitrogen and oxygen atoms in total. The maximum absolute atomic E-state index is 11.7. The lowest BCUT2D eigenvalue weighted by Crippen LogP contribution is -2.36. The summed E-state index contributed by atoms with van der Waals surface area (Å²) in [5.74, 6) is 3.72. The van der Waals surface area contributed by atoms with Crippen LogP contribution >= 0.6 is 11.8 Å². The van der Waals surface area contributed by atoms with E-state index in [4.69, 9.17) is 6.42 Å². The van der Waals surface area contributed by atoms with Crippen LogP contribution in [0.5, 0.6) is 0 Å². The Bertz CT molecular complexity index is 436. The number of carbonyl (C=O) groups is 2. The van der Waals surface area contributed by atoms with E-state index >= 15 is 0 Å². The molecule has 3 N–H and O–H groups in total. The SMILES string of the molecule is C#CCCCCNC(=O)CCCC[C@@H]1SCC2NC(=O)NC21. The minimum atomic E-state index is -0.0375. The highest BCUT2D eigenvalue weighted by atomic mass is 32.2. The van der Waals surface area contributed by atoms with Crippen LogP contribution in [0.1, 0.15) is 44.9 Å². The van der Waals surface area contributed by atoms with Gasteiger partial charge in [0.1, 0.15) is 0 Å². The number of rotatable bonds is 9. The molecule has 2 aliphatic heterocycles. The molecule has 0 aromatic heterocycles. The van der Waals surface area contributed by atoms with Crippen molar-refractivity contribution in [3.8, 4) is 12.3 Å². The number of carbonyl (C=O) groups excluding carboxylic acids is 2. The van der Waals surface area contributed by atoms with Gasteiger partial charge in [-0.15, -0.1) is 12.3 Å². The molecule has 0 spiro atoms. The van der Waals surface area contributed by atoms with E-state index in [0.29, 0.717) is 11.7 Å². The van der Waals surface area contributed by atoms with Gasteiger partial charge in [0.2, 0.25) is 5.91 Å². The lowest BCUT2D eigenvalue weighted by atomic mass is 10.0. The second kappa shape index (κ2) is 8.94. The molecule has 0 aromatic carbocycles. The Hall–Kier alpha value is -1.35. The molecule has 122 valence electrons. The number of thioether (sulfide) groups is 1. The van der Waals surface area contributed by atoms with Gasteiger partial charge in [-0.1, -0.05) is 6.42 Å². The highest BCUT2D eigenvalue weighted by molar-refractivity contribution is 8.00. The predicted octanol–water partition coefficient (Wildman–Crippen LogP) is 1.63. The maximum Gasteiger partial charge on any atom is 0.315 e. The average Bonchev–Trinajstić information content (AvgIpc) is 3.03. The number of unbranched alkanes of at least 4 members (excludes halogenated alkanes) is 3. The first-order valence-electron chi connectivity index (χ1n) is 8.09. The van der Waals surface area contributed by atoms with Crippen molar-refractivity contribution in [3.05, 3.63) is 0 Å². The molecule has 6 heteroatoms. The van der Waals surface area contributed by atoms with Gasteiger partial charge < -0.3 is 16.0 Å². The summed E-state index contributed by atoms with van der Waals surface area (Å²) in [6.45, 7) is 0.723. The number of urea groups is 1. The van der Waals surface area contributed by atoms with Crippen LogP contribution in [0.25, 0.3) is 0 Å². The minimum absolute atomic E-state index is 0.0375. The van der Waals surface area contributed by atoms with Crippen molar-refractivity contribution in [2.24, 2.45) is 0 Å². The number of amides is 3. The Morgan fingerprint density at radius 1 is 1.32 bits per heavy atom. The van der Waals surface area contributed by atoms with Crippen molar-refractivity contribution in [2.75, 3.05) is 12.3 Å². The summed E-state index contributed by atoms with van der Waals surface area (Å²) in [5.41, 5.74) is 0. The van der Waals surface area contributed by atoms with Crippen molar-refractivity contribution in [1.29, 1.82) is 0 Å². The van der Waals surface area contributed by atoms with Gasteiger partial charge in [-0.05, 0) is 25.7 Å². The Morgan fingerprint density at radius 3 is 3.00 bits per heavy atom. The Balaban J connectivity index is 1.50. The van der Waals surface area contributed by atoms with E-state index < -0.39 is 0 Å². The average molecular weight is 323 g/mol. The van der Waals surface area contributed by atoms with Gasteiger partial charge in [-0.25, -0.2) is 4.79 Å². The summed E-state index contributed by atoms with van der Waals surface area (Å²) < 4.78 is 0. The third-order valence-corrected chi connectivity index (χ3v) is 5.66. The Kier molecular flexibility index (Phi) is 6.91. The number of hydrogen-bond donors (Lipinski definition) is 3. The van der Waals surface area contributed by atoms with Gasteiger partial charge in [0.25, 0.3) is 0 Å². The topological polar surface area (TPSA) is 70.2 Å². The smallest absolute Gasteiger partial charge is 0.315 e. The third-order valence-electron chi connectivity index (χ3n) is 4.15. The molecule has 22 heavy (non-hydrogen) atoms. The molecule has 0 aromatic rings. The molecule has 0 bridgehead atoms. The van der Waals surface area contributed by atoms with Crippen molar-refractivity contribution >= 4 is 23.7 Å². The second-order valence-electron chi connectivity index (χ2n) is 5.88. The highest BCUT2D eigenvalue weighted by Gasteiger charge is 2.42. The molecule has 3 atom stereocenters. The fourth-order valence-electron chi connectivity index (χ4n) is 2.94. The molecule has 2 saturated heterocycles. The first-order chi connectivity index (χ1) is 10.7. The van der Waals surface area contributed by atoms with Crippen LogP contribution in [-0.4, -0.2) is 41.6 Å². The zero-order valence-corrected chi connectivity index (χ0v) is 13.7. The zero-order valence-electron chi connectivity index (χ0n) is 12.9. The summed E-state index contributed by atoms with van der Waals surface area (Å²) in [7, 11) is 0. The highest BCUT2D eigenvalue weighted by Crippen LogP contribution is 2.33. The second-order valence-corrected chi connectivity index (χ2v) is 7.15. The van der Waals surface area contributed by atoms with E-state index in [1.165, 1.54) is 0 Å². The molecule has 2 aliphatic rings. The van der Waals surface area contributed by atoms with Crippen molar-refractivity contribution < 1.29 is 9.59 Å². The molecule has 0 saturated carbocycles. The van der Waals surface area contributed by atoms with Gasteiger partial charge in [0, 0.05) is 30.4 Å². The summed E-state index contributed by atoms with van der Waals surface area (Å²) in [6, 6.07) is 0.515. The lowest BCUT2D eigenvalue weighted by molar-refractivity contribution is -0.121. The fourth-order valence-corrected chi connectivity index (χ4v) is 4.49. The largest absolute Gasteiger partial charge is 0.356 e. The first-order valence-corrected chi connectivity index (χ1v) is 9.14. The first kappa shape index (κ1) is 17.0. The molecular weight excluding hydrogens is 298 g/mol. The monoisotopic (exact) mass is 323 g/mol. The minimum Gasteiger partial charge on any atom is -0.356 e. The van der Waals surface area contributed by atoms with Crippen LogP contribution < -0.4 is 16.0 Å². The third kappa shape index (κ3) is 5.13. The van der Waals surface area contributed by atoms with Crippen LogP contribution in [0.4, 0.5) is 4.79 Å². The van der Waals surface area contributed by atoms with E-state index in [0.717, 1.165) is 50.8 Å². The van der Waals surface area contributed by atoms with E-state index in [2.05, 4.69) is 21.9 Å². The summed E-state index contributed by atoms with van der Waals surface area (Å²) in [6.07, 6.45) is 11.5. The van der Waals surface area contributed by atoms with Gasteiger partial charge in [-0.2, -0.15) is 11.8 Å². The molecule has 2 unspecified atom stereocenters. The van der Waals surface area contributed by atoms with Gasteiger partial charge in [0.15, 0.2) is 0 Å². The summed E-state index contributed by atoms with van der Waals surface area (Å²) >= 11 is 1.92. The van der Waals surface area contributed by atoms with Crippen LogP contribution in [0.15, 0.2) is 0 Å². The number of nitrogens with one attached hydrogen (secondary N) is 3. The quantitative estimate of drug-likeness (QED) is 0.343. The molecule has 0 aliphatic carbocycles. The molecular formula is C16H25N3O2S. The van der Waals surface area contributed by atoms with Crippen molar-refractivity contribution in [2.45, 2.75) is 62.3 Å². The van der Waals surface area contributed by atoms with Crippen LogP contribution in [-0.2, 0) is 4.79 Å².